The summed E-state index contributed by atoms with van der Waals surface area (Å²) in [5.74, 6) is -3.34. The normalized spacial score (nSPS) is 27.0. The van der Waals surface area contributed by atoms with E-state index in [1.165, 1.54) is 24.3 Å². The van der Waals surface area contributed by atoms with E-state index < -0.39 is 60.4 Å². The molecule has 10 heteroatoms. The van der Waals surface area contributed by atoms with Crippen LogP contribution in [0.5, 0.6) is 0 Å². The summed E-state index contributed by atoms with van der Waals surface area (Å²) in [7, 11) is -2.18. The van der Waals surface area contributed by atoms with Crippen molar-refractivity contribution in [2.75, 3.05) is 6.61 Å². The Bertz CT molecular complexity index is 1530. The van der Waals surface area contributed by atoms with Gasteiger partial charge in [-0.15, -0.1) is 0 Å². The zero-order valence-electron chi connectivity index (χ0n) is 28.1. The summed E-state index contributed by atoms with van der Waals surface area (Å²) in [6.07, 6.45) is 6.89. The number of halogens is 4. The molecule has 0 bridgehead atoms. The van der Waals surface area contributed by atoms with Gasteiger partial charge in [0.25, 0.3) is 0 Å². The Balaban J connectivity index is 1.96. The van der Waals surface area contributed by atoms with E-state index in [4.69, 9.17) is 32.4 Å². The molecule has 0 spiro atoms. The third kappa shape index (κ3) is 7.24. The van der Waals surface area contributed by atoms with Gasteiger partial charge in [-0.05, 0) is 93.8 Å². The Morgan fingerprint density at radius 3 is 2.37 bits per heavy atom. The number of benzene rings is 2. The maximum atomic E-state index is 16.2. The molecule has 2 aromatic rings. The molecule has 1 N–H and O–H groups in total. The largest absolute Gasteiger partial charge is 0.459 e. The van der Waals surface area contributed by atoms with Crippen LogP contribution in [0, 0.1) is 28.4 Å². The van der Waals surface area contributed by atoms with Gasteiger partial charge < -0.3 is 9.16 Å². The van der Waals surface area contributed by atoms with Gasteiger partial charge in [0.05, 0.1) is 11.1 Å². The first-order chi connectivity index (χ1) is 21.3. The molecular formula is C36H46Cl2F2N2O3Si. The predicted molar refractivity (Wildman–Crippen MR) is 183 cm³/mol. The van der Waals surface area contributed by atoms with E-state index in [1.807, 2.05) is 0 Å². The van der Waals surface area contributed by atoms with Crippen molar-refractivity contribution in [3.05, 3.63) is 81.4 Å². The van der Waals surface area contributed by atoms with Crippen molar-refractivity contribution in [3.8, 4) is 6.07 Å². The van der Waals surface area contributed by atoms with E-state index in [0.29, 0.717) is 19.4 Å². The summed E-state index contributed by atoms with van der Waals surface area (Å²) in [5.41, 5.74) is -3.01. The monoisotopic (exact) mass is 690 g/mol. The van der Waals surface area contributed by atoms with Crippen LogP contribution in [0.2, 0.25) is 28.2 Å². The lowest BCUT2D eigenvalue weighted by atomic mass is 9.61. The van der Waals surface area contributed by atoms with Crippen LogP contribution in [0.15, 0.2) is 48.6 Å². The van der Waals surface area contributed by atoms with E-state index in [1.54, 1.807) is 26.8 Å². The van der Waals surface area contributed by atoms with Crippen LogP contribution in [0.3, 0.4) is 0 Å². The minimum absolute atomic E-state index is 0.0236. The Morgan fingerprint density at radius 1 is 1.11 bits per heavy atom. The van der Waals surface area contributed by atoms with Gasteiger partial charge in [-0.2, -0.15) is 5.26 Å². The van der Waals surface area contributed by atoms with Gasteiger partial charge in [0.1, 0.15) is 28.7 Å². The number of esters is 1. The highest BCUT2D eigenvalue weighted by Gasteiger charge is 2.62. The first-order valence-corrected chi connectivity index (χ1v) is 19.5. The van der Waals surface area contributed by atoms with Crippen LogP contribution >= 0.6 is 23.2 Å². The molecule has 1 aliphatic heterocycles. The smallest absolute Gasteiger partial charge is 0.324 e. The van der Waals surface area contributed by atoms with Crippen LogP contribution < -0.4 is 5.32 Å². The summed E-state index contributed by atoms with van der Waals surface area (Å²) < 4.78 is 44.9. The molecule has 0 radical (unpaired) electrons. The van der Waals surface area contributed by atoms with Gasteiger partial charge in [0, 0.05) is 29.2 Å². The molecule has 1 saturated heterocycles. The molecule has 1 heterocycles. The van der Waals surface area contributed by atoms with Gasteiger partial charge >= 0.3 is 5.97 Å². The van der Waals surface area contributed by atoms with Crippen LogP contribution in [0.25, 0.3) is 0 Å². The minimum atomic E-state index is -2.18. The average Bonchev–Trinajstić information content (AvgIpc) is 3.26. The Morgan fingerprint density at radius 2 is 1.80 bits per heavy atom. The number of hydrogen-bond acceptors (Lipinski definition) is 5. The first-order valence-electron chi connectivity index (χ1n) is 15.9. The van der Waals surface area contributed by atoms with Crippen molar-refractivity contribution in [2.45, 2.75) is 114 Å². The molecule has 250 valence electrons. The molecule has 4 rings (SSSR count). The number of hydrogen-bond donors (Lipinski definition) is 1. The van der Waals surface area contributed by atoms with Gasteiger partial charge in [0.15, 0.2) is 8.32 Å². The summed E-state index contributed by atoms with van der Waals surface area (Å²) in [5, 5.41) is 14.7. The summed E-state index contributed by atoms with van der Waals surface area (Å²) in [6.45, 7) is 16.6. The van der Waals surface area contributed by atoms with E-state index in [-0.39, 0.29) is 26.2 Å². The molecule has 1 fully saturated rings. The lowest BCUT2D eigenvalue weighted by Gasteiger charge is -2.45. The van der Waals surface area contributed by atoms with Crippen LogP contribution in [0.4, 0.5) is 8.78 Å². The molecular weight excluding hydrogens is 645 g/mol. The fraction of sp³-hybridized carbons (Fsp3) is 0.556. The maximum Gasteiger partial charge on any atom is 0.324 e. The van der Waals surface area contributed by atoms with Crippen LogP contribution in [-0.4, -0.2) is 38.6 Å². The van der Waals surface area contributed by atoms with Crippen molar-refractivity contribution in [1.29, 1.82) is 5.26 Å². The molecule has 0 aromatic heterocycles. The highest BCUT2D eigenvalue weighted by atomic mass is 35.5. The first kappa shape index (κ1) is 36.6. The third-order valence-electron chi connectivity index (χ3n) is 10.0. The summed E-state index contributed by atoms with van der Waals surface area (Å²) in [4.78, 5) is 14.0. The van der Waals surface area contributed by atoms with Crippen molar-refractivity contribution < 1.29 is 22.7 Å². The van der Waals surface area contributed by atoms with E-state index >= 15 is 8.78 Å². The highest BCUT2D eigenvalue weighted by Crippen LogP contribution is 2.55. The van der Waals surface area contributed by atoms with E-state index in [9.17, 15) is 10.1 Å². The van der Waals surface area contributed by atoms with Gasteiger partial charge in [-0.1, -0.05) is 74.3 Å². The third-order valence-corrected chi connectivity index (χ3v) is 15.0. The van der Waals surface area contributed by atoms with Gasteiger partial charge in [0.2, 0.25) is 0 Å². The predicted octanol–water partition coefficient (Wildman–Crippen LogP) is 9.64. The zero-order chi connectivity index (χ0) is 34.3. The van der Waals surface area contributed by atoms with Crippen molar-refractivity contribution in [2.24, 2.45) is 5.41 Å². The molecule has 5 atom stereocenters. The van der Waals surface area contributed by atoms with Gasteiger partial charge in [-0.25, -0.2) is 8.78 Å². The second-order valence-corrected chi connectivity index (χ2v) is 21.1. The summed E-state index contributed by atoms with van der Waals surface area (Å²) in [6, 6.07) is 9.07. The topological polar surface area (TPSA) is 71.3 Å². The lowest BCUT2D eigenvalue weighted by molar-refractivity contribution is -0.157. The second kappa shape index (κ2) is 13.3. The zero-order valence-corrected chi connectivity index (χ0v) is 30.6. The molecule has 1 aliphatic carbocycles. The second-order valence-electron chi connectivity index (χ2n) is 15.4. The number of nitriles is 1. The Kier molecular flexibility index (Phi) is 10.6. The summed E-state index contributed by atoms with van der Waals surface area (Å²) >= 11 is 12.5. The molecule has 5 nitrogen and oxygen atoms in total. The van der Waals surface area contributed by atoms with Gasteiger partial charge in [-0.3, -0.25) is 10.1 Å². The van der Waals surface area contributed by atoms with Crippen molar-refractivity contribution >= 4 is 37.5 Å². The fourth-order valence-electron chi connectivity index (χ4n) is 6.59. The Hall–Kier alpha value is -2.28. The van der Waals surface area contributed by atoms with Crippen LogP contribution in [0.1, 0.15) is 84.3 Å². The quantitative estimate of drug-likeness (QED) is 0.170. The average molecular weight is 692 g/mol. The number of ether oxygens (including phenoxy) is 1. The molecule has 46 heavy (non-hydrogen) atoms. The molecule has 0 amide bonds. The number of carbonyl (C=O) groups is 1. The standard InChI is InChI=1S/C36H46Cl2F2N2O3Si/c1-33(2,3)45-32(43)31-29(24-13-12-14-26(38)30(24)40)36(21-41,25-16-15-23(37)19-27(25)39)28(42-31)20-35(17-10-9-11-18-35)22-44-46(7,8)34(4,5)6/h9-10,12-16,19,28-29,31,42H,11,17-18,20,22H2,1-8H3/t28-,29-,31+,35?,36-/m0/s1. The Labute approximate surface area is 283 Å². The van der Waals surface area contributed by atoms with E-state index in [0.717, 1.165) is 18.9 Å². The minimum Gasteiger partial charge on any atom is -0.459 e. The molecule has 0 saturated carbocycles. The number of nitrogens with one attached hydrogen (secondary N) is 1. The number of nitrogens with zero attached hydrogens (tertiary/aromatic N) is 1. The number of carbonyl (C=O) groups excluding carboxylic acids is 1. The lowest BCUT2D eigenvalue weighted by Crippen LogP contribution is -2.49. The molecule has 1 unspecified atom stereocenters. The SMILES string of the molecule is CC(C)(C)OC(=O)[C@@H]1N[C@@H](CC2(CO[Si](C)(C)C(C)(C)C)CC=CCC2)[C@](C#N)(c2ccc(Cl)cc2F)[C@H]1c1cccc(Cl)c1F. The number of rotatable bonds is 8. The fourth-order valence-corrected chi connectivity index (χ4v) is 8.03. The molecule has 2 aromatic carbocycles. The maximum absolute atomic E-state index is 16.2. The van der Waals surface area contributed by atoms with E-state index in [2.05, 4.69) is 57.4 Å². The van der Waals surface area contributed by atoms with Crippen molar-refractivity contribution in [3.63, 3.8) is 0 Å². The van der Waals surface area contributed by atoms with Crippen LogP contribution in [-0.2, 0) is 19.4 Å². The number of allylic oxidation sites excluding steroid dienone is 2. The van der Waals surface area contributed by atoms with Crippen molar-refractivity contribution in [1.82, 2.24) is 5.32 Å². The highest BCUT2D eigenvalue weighted by molar-refractivity contribution is 6.74. The molecule has 2 aliphatic rings.